The SMILES string of the molecule is CCOCCN1CCN(c2cccc(-n3cnc4cc(C(=O)OCCN(C)C)ccc43)c2)CC1. The first-order valence-corrected chi connectivity index (χ1v) is 12.0. The molecule has 1 saturated heterocycles. The third-order valence-corrected chi connectivity index (χ3v) is 6.16. The van der Waals surface area contributed by atoms with Crippen LogP contribution in [0.4, 0.5) is 5.69 Å². The Morgan fingerprint density at radius 3 is 2.59 bits per heavy atom. The maximum atomic E-state index is 12.4. The number of anilines is 1. The number of aromatic nitrogens is 2. The van der Waals surface area contributed by atoms with Crippen LogP contribution in [0.3, 0.4) is 0 Å². The van der Waals surface area contributed by atoms with Gasteiger partial charge in [-0.25, -0.2) is 9.78 Å². The highest BCUT2D eigenvalue weighted by molar-refractivity contribution is 5.94. The zero-order valence-corrected chi connectivity index (χ0v) is 20.4. The lowest BCUT2D eigenvalue weighted by Crippen LogP contribution is -2.47. The summed E-state index contributed by atoms with van der Waals surface area (Å²) < 4.78 is 12.9. The number of likely N-dealkylation sites (N-methyl/N-ethyl adjacent to an activating group) is 1. The Balaban J connectivity index is 1.43. The molecule has 4 rings (SSSR count). The molecule has 0 saturated carbocycles. The van der Waals surface area contributed by atoms with E-state index in [1.807, 2.05) is 44.4 Å². The topological polar surface area (TPSA) is 63.1 Å². The van der Waals surface area contributed by atoms with E-state index in [-0.39, 0.29) is 5.97 Å². The van der Waals surface area contributed by atoms with Crippen LogP contribution in [-0.2, 0) is 9.47 Å². The van der Waals surface area contributed by atoms with Crippen molar-refractivity contribution in [2.45, 2.75) is 6.92 Å². The van der Waals surface area contributed by atoms with Crippen LogP contribution in [-0.4, -0.2) is 98.5 Å². The minimum atomic E-state index is -0.319. The third-order valence-electron chi connectivity index (χ3n) is 6.16. The summed E-state index contributed by atoms with van der Waals surface area (Å²) in [4.78, 5) is 23.8. The molecule has 2 heterocycles. The van der Waals surface area contributed by atoms with E-state index >= 15 is 0 Å². The largest absolute Gasteiger partial charge is 0.461 e. The van der Waals surface area contributed by atoms with Crippen molar-refractivity contribution in [3.63, 3.8) is 0 Å². The van der Waals surface area contributed by atoms with Crippen LogP contribution in [0.2, 0.25) is 0 Å². The highest BCUT2D eigenvalue weighted by Crippen LogP contribution is 2.24. The van der Waals surface area contributed by atoms with Gasteiger partial charge in [-0.05, 0) is 57.4 Å². The van der Waals surface area contributed by atoms with E-state index in [9.17, 15) is 4.79 Å². The second-order valence-corrected chi connectivity index (χ2v) is 8.80. The molecule has 0 aliphatic carbocycles. The monoisotopic (exact) mass is 465 g/mol. The molecular formula is C26H35N5O3. The average Bonchev–Trinajstić information content (AvgIpc) is 3.28. The molecular weight excluding hydrogens is 430 g/mol. The second kappa shape index (κ2) is 11.5. The number of rotatable bonds is 10. The van der Waals surface area contributed by atoms with E-state index in [0.29, 0.717) is 18.7 Å². The number of hydrogen-bond donors (Lipinski definition) is 0. The Morgan fingerprint density at radius 2 is 1.82 bits per heavy atom. The van der Waals surface area contributed by atoms with Gasteiger partial charge >= 0.3 is 5.97 Å². The molecule has 2 aromatic carbocycles. The third kappa shape index (κ3) is 5.94. The molecule has 0 spiro atoms. The van der Waals surface area contributed by atoms with Gasteiger partial charge in [-0.1, -0.05) is 6.07 Å². The van der Waals surface area contributed by atoms with E-state index in [2.05, 4.69) is 43.6 Å². The van der Waals surface area contributed by atoms with Gasteiger partial charge < -0.3 is 19.3 Å². The summed E-state index contributed by atoms with van der Waals surface area (Å²) in [5.74, 6) is -0.319. The van der Waals surface area contributed by atoms with Crippen LogP contribution in [0.1, 0.15) is 17.3 Å². The molecule has 1 fully saturated rings. The summed E-state index contributed by atoms with van der Waals surface area (Å²) in [5, 5.41) is 0. The predicted molar refractivity (Wildman–Crippen MR) is 135 cm³/mol. The Bertz CT molecular complexity index is 1090. The Hall–Kier alpha value is -2.94. The Labute approximate surface area is 201 Å². The fraction of sp³-hybridized carbons (Fsp3) is 0.462. The zero-order chi connectivity index (χ0) is 23.9. The predicted octanol–water partition coefficient (Wildman–Crippen LogP) is 2.90. The van der Waals surface area contributed by atoms with Gasteiger partial charge in [-0.2, -0.15) is 0 Å². The van der Waals surface area contributed by atoms with E-state index in [4.69, 9.17) is 9.47 Å². The summed E-state index contributed by atoms with van der Waals surface area (Å²) >= 11 is 0. The normalized spacial score (nSPS) is 14.8. The van der Waals surface area contributed by atoms with Crippen molar-refractivity contribution in [3.05, 3.63) is 54.4 Å². The molecule has 0 N–H and O–H groups in total. The molecule has 182 valence electrons. The fourth-order valence-electron chi connectivity index (χ4n) is 4.16. The highest BCUT2D eigenvalue weighted by Gasteiger charge is 2.18. The van der Waals surface area contributed by atoms with Crippen LogP contribution in [0.25, 0.3) is 16.7 Å². The fourth-order valence-corrected chi connectivity index (χ4v) is 4.16. The van der Waals surface area contributed by atoms with Gasteiger partial charge in [-0.15, -0.1) is 0 Å². The first-order chi connectivity index (χ1) is 16.5. The van der Waals surface area contributed by atoms with Gasteiger partial charge in [0.15, 0.2) is 0 Å². The molecule has 8 nitrogen and oxygen atoms in total. The van der Waals surface area contributed by atoms with Gasteiger partial charge in [0.1, 0.15) is 12.9 Å². The molecule has 8 heteroatoms. The molecule has 34 heavy (non-hydrogen) atoms. The van der Waals surface area contributed by atoms with Crippen molar-refractivity contribution in [2.75, 3.05) is 78.1 Å². The van der Waals surface area contributed by atoms with Gasteiger partial charge in [-0.3, -0.25) is 9.47 Å². The molecule has 0 atom stereocenters. The number of piperazine rings is 1. The van der Waals surface area contributed by atoms with Crippen LogP contribution in [0, 0.1) is 0 Å². The minimum absolute atomic E-state index is 0.319. The number of carbonyl (C=O) groups excluding carboxylic acids is 1. The molecule has 1 aromatic heterocycles. The van der Waals surface area contributed by atoms with Crippen LogP contribution in [0.5, 0.6) is 0 Å². The number of carbonyl (C=O) groups is 1. The average molecular weight is 466 g/mol. The first-order valence-electron chi connectivity index (χ1n) is 12.0. The van der Waals surface area contributed by atoms with Gasteiger partial charge in [0.2, 0.25) is 0 Å². The molecule has 0 bridgehead atoms. The van der Waals surface area contributed by atoms with Crippen molar-refractivity contribution < 1.29 is 14.3 Å². The number of benzene rings is 2. The van der Waals surface area contributed by atoms with Gasteiger partial charge in [0, 0.05) is 57.3 Å². The first kappa shape index (κ1) is 24.2. The van der Waals surface area contributed by atoms with Gasteiger partial charge in [0.25, 0.3) is 0 Å². The maximum absolute atomic E-state index is 12.4. The smallest absolute Gasteiger partial charge is 0.338 e. The number of imidazole rings is 1. The molecule has 0 unspecified atom stereocenters. The quantitative estimate of drug-likeness (QED) is 0.337. The highest BCUT2D eigenvalue weighted by atomic mass is 16.5. The van der Waals surface area contributed by atoms with Crippen molar-refractivity contribution >= 4 is 22.7 Å². The van der Waals surface area contributed by atoms with E-state index < -0.39 is 0 Å². The summed E-state index contributed by atoms with van der Waals surface area (Å²) in [6.45, 7) is 9.75. The van der Waals surface area contributed by atoms with Crippen LogP contribution >= 0.6 is 0 Å². The lowest BCUT2D eigenvalue weighted by molar-refractivity contribution is 0.0482. The van der Waals surface area contributed by atoms with Crippen LogP contribution in [0.15, 0.2) is 48.8 Å². The van der Waals surface area contributed by atoms with Crippen molar-refractivity contribution in [1.29, 1.82) is 0 Å². The van der Waals surface area contributed by atoms with Crippen molar-refractivity contribution in [2.24, 2.45) is 0 Å². The molecule has 1 aliphatic rings. The van der Waals surface area contributed by atoms with Crippen molar-refractivity contribution in [1.82, 2.24) is 19.4 Å². The number of hydrogen-bond acceptors (Lipinski definition) is 7. The number of fused-ring (bicyclic) bond motifs is 1. The Morgan fingerprint density at radius 1 is 1.03 bits per heavy atom. The zero-order valence-electron chi connectivity index (χ0n) is 20.4. The van der Waals surface area contributed by atoms with Gasteiger partial charge in [0.05, 0.1) is 23.2 Å². The minimum Gasteiger partial charge on any atom is -0.461 e. The number of ether oxygens (including phenoxy) is 2. The van der Waals surface area contributed by atoms with E-state index in [1.165, 1.54) is 5.69 Å². The summed E-state index contributed by atoms with van der Waals surface area (Å²) in [6.07, 6.45) is 1.82. The van der Waals surface area contributed by atoms with E-state index in [1.54, 1.807) is 6.07 Å². The summed E-state index contributed by atoms with van der Waals surface area (Å²) in [7, 11) is 3.90. The van der Waals surface area contributed by atoms with Crippen molar-refractivity contribution in [3.8, 4) is 5.69 Å². The second-order valence-electron chi connectivity index (χ2n) is 8.80. The summed E-state index contributed by atoms with van der Waals surface area (Å²) in [6, 6.07) is 14.1. The Kier molecular flexibility index (Phi) is 8.16. The molecule has 1 aliphatic heterocycles. The molecule has 0 radical (unpaired) electrons. The number of esters is 1. The van der Waals surface area contributed by atoms with E-state index in [0.717, 1.165) is 62.7 Å². The lowest BCUT2D eigenvalue weighted by atomic mass is 10.2. The lowest BCUT2D eigenvalue weighted by Gasteiger charge is -2.36. The standard InChI is InChI=1S/C26H35N5O3/c1-4-33-16-15-29-10-12-30(13-11-29)22-6-5-7-23(19-22)31-20-27-24-18-21(8-9-25(24)31)26(32)34-17-14-28(2)3/h5-9,18-20H,4,10-17H2,1-3H3. The molecule has 3 aromatic rings. The molecule has 0 amide bonds. The maximum Gasteiger partial charge on any atom is 0.338 e. The summed E-state index contributed by atoms with van der Waals surface area (Å²) in [5.41, 5.74) is 4.52. The van der Waals surface area contributed by atoms with Crippen LogP contribution < -0.4 is 4.90 Å². The number of nitrogens with zero attached hydrogens (tertiary/aromatic N) is 5.